The molecule has 0 fully saturated rings. The molecule has 2 N–H and O–H groups in total. The van der Waals surface area contributed by atoms with Crippen molar-refractivity contribution in [2.24, 2.45) is 5.73 Å². The van der Waals surface area contributed by atoms with Gasteiger partial charge < -0.3 is 10.6 Å². The minimum atomic E-state index is -0.342. The molecule has 1 rings (SSSR count). The largest absolute Gasteiger partial charge is 0.369 e. The van der Waals surface area contributed by atoms with Crippen molar-refractivity contribution < 1.29 is 9.59 Å². The third kappa shape index (κ3) is 5.65. The Morgan fingerprint density at radius 1 is 1.30 bits per heavy atom. The van der Waals surface area contributed by atoms with Crippen molar-refractivity contribution in [3.05, 3.63) is 34.9 Å². The molecule has 4 nitrogen and oxygen atoms in total. The molecule has 0 aliphatic carbocycles. The fourth-order valence-electron chi connectivity index (χ4n) is 1.89. The molecule has 0 saturated carbocycles. The van der Waals surface area contributed by atoms with Crippen molar-refractivity contribution in [1.82, 2.24) is 4.90 Å². The summed E-state index contributed by atoms with van der Waals surface area (Å²) in [6, 6.07) is 6.25. The molecule has 1 aromatic carbocycles. The highest BCUT2D eigenvalue weighted by molar-refractivity contribution is 7.99. The highest BCUT2D eigenvalue weighted by Gasteiger charge is 2.10. The van der Waals surface area contributed by atoms with Crippen LogP contribution >= 0.6 is 11.8 Å². The number of rotatable bonds is 7. The van der Waals surface area contributed by atoms with Crippen LogP contribution in [0.2, 0.25) is 0 Å². The maximum atomic E-state index is 12.0. The van der Waals surface area contributed by atoms with Crippen molar-refractivity contribution in [2.45, 2.75) is 26.8 Å². The number of nitrogens with two attached hydrogens (primary N) is 1. The first-order chi connectivity index (χ1) is 9.40. The number of aryl methyl sites for hydroxylation is 2. The Hall–Kier alpha value is -1.49. The lowest BCUT2D eigenvalue weighted by Gasteiger charge is -2.18. The lowest BCUT2D eigenvalue weighted by molar-refractivity contribution is -0.130. The molecule has 1 aromatic rings. The molecule has 0 aromatic heterocycles. The number of carbonyl (C=O) groups is 2. The van der Waals surface area contributed by atoms with Gasteiger partial charge in [0.2, 0.25) is 11.8 Å². The summed E-state index contributed by atoms with van der Waals surface area (Å²) < 4.78 is 0. The Balaban J connectivity index is 2.43. The van der Waals surface area contributed by atoms with E-state index in [2.05, 4.69) is 32.0 Å². The summed E-state index contributed by atoms with van der Waals surface area (Å²) in [5.41, 5.74) is 8.63. The van der Waals surface area contributed by atoms with Gasteiger partial charge in [-0.3, -0.25) is 9.59 Å². The third-order valence-electron chi connectivity index (χ3n) is 3.04. The summed E-state index contributed by atoms with van der Waals surface area (Å²) in [7, 11) is 1.81. The van der Waals surface area contributed by atoms with E-state index in [4.69, 9.17) is 5.73 Å². The van der Waals surface area contributed by atoms with Crippen molar-refractivity contribution in [3.8, 4) is 0 Å². The zero-order chi connectivity index (χ0) is 15.1. The third-order valence-corrected chi connectivity index (χ3v) is 4.02. The standard InChI is InChI=1S/C15H22N2O2S/c1-11-4-5-13(12(2)8-11)9-17(3)15(19)6-7-20-10-14(16)18/h4-5,8H,6-7,9-10H2,1-3H3,(H2,16,18). The van der Waals surface area contributed by atoms with E-state index < -0.39 is 0 Å². The van der Waals surface area contributed by atoms with Gasteiger partial charge >= 0.3 is 0 Å². The van der Waals surface area contributed by atoms with Crippen LogP contribution in [0.4, 0.5) is 0 Å². The van der Waals surface area contributed by atoms with Crippen LogP contribution < -0.4 is 5.73 Å². The maximum absolute atomic E-state index is 12.0. The lowest BCUT2D eigenvalue weighted by Crippen LogP contribution is -2.27. The molecule has 110 valence electrons. The van der Waals surface area contributed by atoms with E-state index in [0.29, 0.717) is 18.7 Å². The van der Waals surface area contributed by atoms with Crippen LogP contribution in [0.5, 0.6) is 0 Å². The van der Waals surface area contributed by atoms with E-state index in [1.165, 1.54) is 22.9 Å². The molecule has 5 heteroatoms. The van der Waals surface area contributed by atoms with Gasteiger partial charge in [-0.1, -0.05) is 23.8 Å². The summed E-state index contributed by atoms with van der Waals surface area (Å²) in [4.78, 5) is 24.3. The highest BCUT2D eigenvalue weighted by atomic mass is 32.2. The summed E-state index contributed by atoms with van der Waals surface area (Å²) >= 11 is 1.40. The minimum absolute atomic E-state index is 0.0851. The van der Waals surface area contributed by atoms with Crippen LogP contribution in [0.25, 0.3) is 0 Å². The van der Waals surface area contributed by atoms with Gasteiger partial charge in [-0.15, -0.1) is 0 Å². The van der Waals surface area contributed by atoms with E-state index in [1.54, 1.807) is 11.9 Å². The van der Waals surface area contributed by atoms with Gasteiger partial charge in [0.05, 0.1) is 5.75 Å². The van der Waals surface area contributed by atoms with Crippen molar-refractivity contribution in [2.75, 3.05) is 18.6 Å². The van der Waals surface area contributed by atoms with Gasteiger partial charge in [0.1, 0.15) is 0 Å². The van der Waals surface area contributed by atoms with E-state index in [0.717, 1.165) is 5.56 Å². The number of hydrogen-bond acceptors (Lipinski definition) is 3. The normalized spacial score (nSPS) is 10.3. The summed E-state index contributed by atoms with van der Waals surface area (Å²) in [5.74, 6) is 0.639. The Bertz CT molecular complexity index is 489. The number of carbonyl (C=O) groups excluding carboxylic acids is 2. The van der Waals surface area contributed by atoms with Crippen LogP contribution in [-0.2, 0) is 16.1 Å². The zero-order valence-corrected chi connectivity index (χ0v) is 13.1. The topological polar surface area (TPSA) is 63.4 Å². The van der Waals surface area contributed by atoms with Crippen LogP contribution in [0.15, 0.2) is 18.2 Å². The van der Waals surface area contributed by atoms with E-state index in [9.17, 15) is 9.59 Å². The molecule has 0 spiro atoms. The number of hydrogen-bond donors (Lipinski definition) is 1. The summed E-state index contributed by atoms with van der Waals surface area (Å²) in [6.07, 6.45) is 0.430. The van der Waals surface area contributed by atoms with Gasteiger partial charge in [-0.2, -0.15) is 11.8 Å². The molecule has 0 atom stereocenters. The number of thioether (sulfide) groups is 1. The maximum Gasteiger partial charge on any atom is 0.227 e. The Morgan fingerprint density at radius 2 is 2.00 bits per heavy atom. The number of primary amides is 1. The first-order valence-electron chi connectivity index (χ1n) is 6.56. The predicted octanol–water partition coefficient (Wildman–Crippen LogP) is 1.87. The second-order valence-corrected chi connectivity index (χ2v) is 6.05. The van der Waals surface area contributed by atoms with Crippen LogP contribution in [-0.4, -0.2) is 35.3 Å². The monoisotopic (exact) mass is 294 g/mol. The first kappa shape index (κ1) is 16.6. The average Bonchev–Trinajstić information content (AvgIpc) is 2.37. The summed E-state index contributed by atoms with van der Waals surface area (Å²) in [5, 5.41) is 0. The Kier molecular flexibility index (Phi) is 6.58. The smallest absolute Gasteiger partial charge is 0.227 e. The molecule has 0 aliphatic heterocycles. The first-order valence-corrected chi connectivity index (χ1v) is 7.71. The van der Waals surface area contributed by atoms with Crippen molar-refractivity contribution >= 4 is 23.6 Å². The molecule has 20 heavy (non-hydrogen) atoms. The van der Waals surface area contributed by atoms with Crippen molar-refractivity contribution in [1.29, 1.82) is 0 Å². The molecule has 0 bridgehead atoms. The Labute approximate surface area is 124 Å². The zero-order valence-electron chi connectivity index (χ0n) is 12.3. The fourth-order valence-corrected chi connectivity index (χ4v) is 2.55. The average molecular weight is 294 g/mol. The second-order valence-electron chi connectivity index (χ2n) is 4.95. The molecule has 0 radical (unpaired) electrons. The summed E-state index contributed by atoms with van der Waals surface area (Å²) in [6.45, 7) is 4.73. The van der Waals surface area contributed by atoms with Gasteiger partial charge in [0.15, 0.2) is 0 Å². The molecule has 0 heterocycles. The van der Waals surface area contributed by atoms with E-state index in [-0.39, 0.29) is 17.6 Å². The van der Waals surface area contributed by atoms with Crippen LogP contribution in [0.1, 0.15) is 23.1 Å². The molecular formula is C15H22N2O2S. The van der Waals surface area contributed by atoms with E-state index in [1.807, 2.05) is 0 Å². The van der Waals surface area contributed by atoms with Crippen molar-refractivity contribution in [3.63, 3.8) is 0 Å². The fraction of sp³-hybridized carbons (Fsp3) is 0.467. The van der Waals surface area contributed by atoms with Gasteiger partial charge in [-0.05, 0) is 25.0 Å². The Morgan fingerprint density at radius 3 is 2.60 bits per heavy atom. The number of amides is 2. The molecule has 0 aliphatic rings. The van der Waals surface area contributed by atoms with Crippen LogP contribution in [0, 0.1) is 13.8 Å². The van der Waals surface area contributed by atoms with Gasteiger partial charge in [0, 0.05) is 25.8 Å². The molecule has 0 unspecified atom stereocenters. The predicted molar refractivity (Wildman–Crippen MR) is 83.5 cm³/mol. The van der Waals surface area contributed by atoms with Gasteiger partial charge in [-0.25, -0.2) is 0 Å². The lowest BCUT2D eigenvalue weighted by atomic mass is 10.1. The second kappa shape index (κ2) is 7.94. The SMILES string of the molecule is Cc1ccc(CN(C)C(=O)CCSCC(N)=O)c(C)c1. The quantitative estimate of drug-likeness (QED) is 0.781. The van der Waals surface area contributed by atoms with Gasteiger partial charge in [0.25, 0.3) is 0 Å². The number of benzene rings is 1. The molecular weight excluding hydrogens is 272 g/mol. The van der Waals surface area contributed by atoms with Crippen LogP contribution in [0.3, 0.4) is 0 Å². The molecule has 0 saturated heterocycles. The highest BCUT2D eigenvalue weighted by Crippen LogP contribution is 2.13. The number of nitrogens with zero attached hydrogens (tertiary/aromatic N) is 1. The van der Waals surface area contributed by atoms with E-state index >= 15 is 0 Å². The molecule has 2 amide bonds. The minimum Gasteiger partial charge on any atom is -0.369 e.